The number of anilines is 1. The fraction of sp³-hybridized carbons (Fsp3) is 0.400. The van der Waals surface area contributed by atoms with Crippen molar-refractivity contribution in [2.24, 2.45) is 0 Å². The van der Waals surface area contributed by atoms with Crippen LogP contribution in [0.4, 0.5) is 5.69 Å². The van der Waals surface area contributed by atoms with E-state index < -0.39 is 11.6 Å². The van der Waals surface area contributed by atoms with E-state index in [1.54, 1.807) is 58.9 Å². The van der Waals surface area contributed by atoms with Crippen molar-refractivity contribution in [1.29, 1.82) is 0 Å². The summed E-state index contributed by atoms with van der Waals surface area (Å²) < 4.78 is 21.6. The highest BCUT2D eigenvalue weighted by atomic mass is 16.7. The monoisotopic (exact) mass is 373 g/mol. The molecule has 2 heterocycles. The average molecular weight is 373 g/mol. The molecule has 0 spiro atoms. The summed E-state index contributed by atoms with van der Waals surface area (Å²) in [6.45, 7) is 8.70. The summed E-state index contributed by atoms with van der Waals surface area (Å²) >= 11 is 0. The van der Waals surface area contributed by atoms with Gasteiger partial charge in [-0.1, -0.05) is 0 Å². The molecule has 7 heteroatoms. The molecule has 3 rings (SSSR count). The molecule has 0 aliphatic carbocycles. The topological polar surface area (TPSA) is 78.2 Å². The lowest BCUT2D eigenvalue weighted by Gasteiger charge is -2.25. The molecule has 2 aromatic rings. The van der Waals surface area contributed by atoms with Gasteiger partial charge in [0.1, 0.15) is 23.7 Å². The molecular formula is C20H23NO6. The van der Waals surface area contributed by atoms with E-state index in [0.717, 1.165) is 0 Å². The van der Waals surface area contributed by atoms with Crippen LogP contribution in [0.25, 0.3) is 0 Å². The molecule has 1 aliphatic heterocycles. The maximum Gasteiger partial charge on any atom is 0.326 e. The highest BCUT2D eigenvalue weighted by Crippen LogP contribution is 2.36. The van der Waals surface area contributed by atoms with Gasteiger partial charge in [0, 0.05) is 11.8 Å². The van der Waals surface area contributed by atoms with Crippen LogP contribution in [0.1, 0.15) is 42.6 Å². The Balaban J connectivity index is 1.94. The maximum atomic E-state index is 13.2. The SMILES string of the molecule is Cc1cc(C(=O)N(CC(=O)OC(C)(C)C)c2ccc3c(c2)OCO3)c(C)o1. The van der Waals surface area contributed by atoms with Crippen LogP contribution in [-0.2, 0) is 9.53 Å². The van der Waals surface area contributed by atoms with Gasteiger partial charge < -0.3 is 18.6 Å². The highest BCUT2D eigenvalue weighted by molar-refractivity contribution is 6.09. The van der Waals surface area contributed by atoms with Crippen LogP contribution in [0.3, 0.4) is 0 Å². The first-order valence-electron chi connectivity index (χ1n) is 8.64. The zero-order valence-electron chi connectivity index (χ0n) is 16.1. The summed E-state index contributed by atoms with van der Waals surface area (Å²) in [5.41, 5.74) is 0.255. The fourth-order valence-corrected chi connectivity index (χ4v) is 2.82. The zero-order chi connectivity index (χ0) is 19.8. The van der Waals surface area contributed by atoms with Crippen molar-refractivity contribution in [2.75, 3.05) is 18.2 Å². The Morgan fingerprint density at radius 1 is 1.11 bits per heavy atom. The third-order valence-electron chi connectivity index (χ3n) is 3.89. The zero-order valence-corrected chi connectivity index (χ0v) is 16.1. The molecule has 0 radical (unpaired) electrons. The summed E-state index contributed by atoms with van der Waals surface area (Å²) in [7, 11) is 0. The van der Waals surface area contributed by atoms with E-state index >= 15 is 0 Å². The second-order valence-corrected chi connectivity index (χ2v) is 7.34. The van der Waals surface area contributed by atoms with E-state index in [9.17, 15) is 9.59 Å². The predicted molar refractivity (Wildman–Crippen MR) is 98.3 cm³/mol. The van der Waals surface area contributed by atoms with Gasteiger partial charge in [-0.2, -0.15) is 0 Å². The second kappa shape index (κ2) is 6.98. The molecule has 1 amide bonds. The maximum absolute atomic E-state index is 13.2. The lowest BCUT2D eigenvalue weighted by atomic mass is 10.1. The summed E-state index contributed by atoms with van der Waals surface area (Å²) in [6, 6.07) is 6.75. The van der Waals surface area contributed by atoms with Crippen molar-refractivity contribution in [3.8, 4) is 11.5 Å². The summed E-state index contributed by atoms with van der Waals surface area (Å²) in [4.78, 5) is 26.9. The van der Waals surface area contributed by atoms with Crippen molar-refractivity contribution in [3.05, 3.63) is 41.3 Å². The number of carbonyl (C=O) groups excluding carboxylic acids is 2. The predicted octanol–water partition coefficient (Wildman–Crippen LogP) is 3.61. The molecule has 1 aromatic carbocycles. The van der Waals surface area contributed by atoms with Gasteiger partial charge in [0.15, 0.2) is 11.5 Å². The van der Waals surface area contributed by atoms with Crippen LogP contribution >= 0.6 is 0 Å². The number of hydrogen-bond acceptors (Lipinski definition) is 6. The third-order valence-corrected chi connectivity index (χ3v) is 3.89. The first kappa shape index (κ1) is 18.8. The number of hydrogen-bond donors (Lipinski definition) is 0. The Hall–Kier alpha value is -2.96. The molecule has 0 atom stereocenters. The lowest BCUT2D eigenvalue weighted by molar-refractivity contribution is -0.152. The van der Waals surface area contributed by atoms with Crippen molar-refractivity contribution in [2.45, 2.75) is 40.2 Å². The standard InChI is InChI=1S/C20H23NO6/c1-12-8-15(13(2)26-12)19(23)21(10-18(22)27-20(3,4)5)14-6-7-16-17(9-14)25-11-24-16/h6-9H,10-11H2,1-5H3. The lowest BCUT2D eigenvalue weighted by Crippen LogP contribution is -2.39. The van der Waals surface area contributed by atoms with Crippen LogP contribution in [0.15, 0.2) is 28.7 Å². The largest absolute Gasteiger partial charge is 0.466 e. The first-order valence-corrected chi connectivity index (χ1v) is 8.64. The minimum Gasteiger partial charge on any atom is -0.466 e. The molecule has 0 saturated carbocycles. The molecule has 1 aromatic heterocycles. The number of amides is 1. The van der Waals surface area contributed by atoms with E-state index in [-0.39, 0.29) is 19.2 Å². The van der Waals surface area contributed by atoms with Crippen LogP contribution in [0.5, 0.6) is 11.5 Å². The molecule has 0 saturated heterocycles. The Kier molecular flexibility index (Phi) is 4.87. The van der Waals surface area contributed by atoms with E-state index in [1.165, 1.54) is 4.90 Å². The molecule has 0 unspecified atom stereocenters. The third kappa shape index (κ3) is 4.24. The number of rotatable bonds is 4. The van der Waals surface area contributed by atoms with Gasteiger partial charge in [-0.05, 0) is 52.8 Å². The number of esters is 1. The van der Waals surface area contributed by atoms with E-state index in [4.69, 9.17) is 18.6 Å². The van der Waals surface area contributed by atoms with Gasteiger partial charge in [0.05, 0.1) is 5.56 Å². The van der Waals surface area contributed by atoms with Gasteiger partial charge in [0.25, 0.3) is 5.91 Å². The molecule has 0 N–H and O–H groups in total. The van der Waals surface area contributed by atoms with Crippen LogP contribution in [-0.4, -0.2) is 30.8 Å². The smallest absolute Gasteiger partial charge is 0.326 e. The second-order valence-electron chi connectivity index (χ2n) is 7.34. The number of nitrogens with zero attached hydrogens (tertiary/aromatic N) is 1. The molecule has 144 valence electrons. The Morgan fingerprint density at radius 3 is 2.44 bits per heavy atom. The molecule has 0 bridgehead atoms. The number of benzene rings is 1. The first-order chi connectivity index (χ1) is 12.6. The Labute approximate surface area is 157 Å². The van der Waals surface area contributed by atoms with Crippen LogP contribution < -0.4 is 14.4 Å². The number of furan rings is 1. The molecule has 0 fully saturated rings. The number of ether oxygens (including phenoxy) is 3. The minimum absolute atomic E-state index is 0.124. The van der Waals surface area contributed by atoms with E-state index in [1.807, 2.05) is 0 Å². The van der Waals surface area contributed by atoms with Gasteiger partial charge >= 0.3 is 5.97 Å². The van der Waals surface area contributed by atoms with Crippen LogP contribution in [0.2, 0.25) is 0 Å². The fourth-order valence-electron chi connectivity index (χ4n) is 2.82. The number of fused-ring (bicyclic) bond motifs is 1. The normalized spacial score (nSPS) is 12.8. The van der Waals surface area contributed by atoms with E-state index in [0.29, 0.717) is 34.3 Å². The number of aryl methyl sites for hydroxylation is 2. The molecular weight excluding hydrogens is 350 g/mol. The van der Waals surface area contributed by atoms with Gasteiger partial charge in [-0.3, -0.25) is 14.5 Å². The summed E-state index contributed by atoms with van der Waals surface area (Å²) in [5.74, 6) is 1.37. The quantitative estimate of drug-likeness (QED) is 0.762. The highest BCUT2D eigenvalue weighted by Gasteiger charge is 2.28. The summed E-state index contributed by atoms with van der Waals surface area (Å²) in [6.07, 6.45) is 0. The molecule has 1 aliphatic rings. The van der Waals surface area contributed by atoms with Gasteiger partial charge in [0.2, 0.25) is 6.79 Å². The average Bonchev–Trinajstić information content (AvgIpc) is 3.15. The van der Waals surface area contributed by atoms with Crippen LogP contribution in [0, 0.1) is 13.8 Å². The Morgan fingerprint density at radius 2 is 1.81 bits per heavy atom. The van der Waals surface area contributed by atoms with E-state index in [2.05, 4.69) is 0 Å². The molecule has 7 nitrogen and oxygen atoms in total. The minimum atomic E-state index is -0.650. The Bertz CT molecular complexity index is 877. The van der Waals surface area contributed by atoms with Gasteiger partial charge in [-0.15, -0.1) is 0 Å². The molecule has 27 heavy (non-hydrogen) atoms. The summed E-state index contributed by atoms with van der Waals surface area (Å²) in [5, 5.41) is 0. The van der Waals surface area contributed by atoms with Crippen molar-refractivity contribution in [3.63, 3.8) is 0 Å². The number of carbonyl (C=O) groups is 2. The van der Waals surface area contributed by atoms with Crippen molar-refractivity contribution < 1.29 is 28.2 Å². The van der Waals surface area contributed by atoms with Gasteiger partial charge in [-0.25, -0.2) is 0 Å². The van der Waals surface area contributed by atoms with Crippen molar-refractivity contribution in [1.82, 2.24) is 0 Å². The van der Waals surface area contributed by atoms with Crippen molar-refractivity contribution >= 4 is 17.6 Å².